The van der Waals surface area contributed by atoms with Crippen LogP contribution in [0.5, 0.6) is 0 Å². The Balaban J connectivity index is 1.94. The minimum absolute atomic E-state index is 0.739. The Morgan fingerprint density at radius 2 is 1.85 bits per heavy atom. The molecule has 1 aliphatic heterocycles. The van der Waals surface area contributed by atoms with Gasteiger partial charge in [0.25, 0.3) is 0 Å². The highest BCUT2D eigenvalue weighted by Gasteiger charge is 2.20. The van der Waals surface area contributed by atoms with Crippen LogP contribution < -0.4 is 5.32 Å². The molecule has 0 bridgehead atoms. The number of likely N-dealkylation sites (N-methyl/N-ethyl adjacent to an activating group) is 1. The van der Waals surface area contributed by atoms with Gasteiger partial charge in [-0.25, -0.2) is 0 Å². The van der Waals surface area contributed by atoms with Gasteiger partial charge in [-0.3, -0.25) is 4.90 Å². The number of nitrogens with zero attached hydrogens (tertiary/aromatic N) is 2. The van der Waals surface area contributed by atoms with Crippen LogP contribution in [0.2, 0.25) is 0 Å². The smallest absolute Gasteiger partial charge is 0.0236 e. The van der Waals surface area contributed by atoms with Gasteiger partial charge in [-0.05, 0) is 71.2 Å². The van der Waals surface area contributed by atoms with Crippen molar-refractivity contribution < 1.29 is 0 Å². The molecular weight excluding hydrogens is 246 g/mol. The molecule has 112 valence electrons. The van der Waals surface area contributed by atoms with Crippen molar-refractivity contribution in [2.45, 2.75) is 31.8 Å². The van der Waals surface area contributed by atoms with E-state index in [1.165, 1.54) is 37.1 Å². The third-order valence-electron chi connectivity index (χ3n) is 4.49. The van der Waals surface area contributed by atoms with Crippen LogP contribution >= 0.6 is 0 Å². The summed E-state index contributed by atoms with van der Waals surface area (Å²) in [7, 11) is 6.53. The Bertz CT molecular complexity index is 397. The molecule has 0 aliphatic carbocycles. The Morgan fingerprint density at radius 3 is 2.50 bits per heavy atom. The second kappa shape index (κ2) is 7.77. The molecule has 1 heterocycles. The van der Waals surface area contributed by atoms with Crippen LogP contribution in [0, 0.1) is 0 Å². The molecule has 1 aromatic rings. The van der Waals surface area contributed by atoms with Crippen LogP contribution in [-0.2, 0) is 13.0 Å². The molecular formula is C17H29N3. The van der Waals surface area contributed by atoms with Crippen molar-refractivity contribution in [3.8, 4) is 0 Å². The molecule has 1 fully saturated rings. The number of hydrogen-bond donors (Lipinski definition) is 1. The standard InChI is InChI=1S/C17H29N3/c1-18-11-8-15-6-4-5-7-16(15)14-20(3)17-9-12-19(2)13-10-17/h4-7,17-18H,8-14H2,1-3H3. The molecule has 1 aliphatic rings. The fourth-order valence-corrected chi connectivity index (χ4v) is 3.05. The Kier molecular flexibility index (Phi) is 6.02. The van der Waals surface area contributed by atoms with Crippen molar-refractivity contribution in [1.29, 1.82) is 0 Å². The summed E-state index contributed by atoms with van der Waals surface area (Å²) in [6.07, 6.45) is 3.71. The SMILES string of the molecule is CNCCc1ccccc1CN(C)C1CCN(C)CC1. The van der Waals surface area contributed by atoms with Gasteiger partial charge in [0.2, 0.25) is 0 Å². The van der Waals surface area contributed by atoms with E-state index in [2.05, 4.69) is 53.5 Å². The highest BCUT2D eigenvalue weighted by atomic mass is 15.2. The zero-order valence-corrected chi connectivity index (χ0v) is 13.2. The number of nitrogens with one attached hydrogen (secondary N) is 1. The van der Waals surface area contributed by atoms with Gasteiger partial charge in [-0.15, -0.1) is 0 Å². The Hall–Kier alpha value is -0.900. The molecule has 0 unspecified atom stereocenters. The normalized spacial score (nSPS) is 17.8. The molecule has 0 aromatic heterocycles. The molecule has 1 aromatic carbocycles. The molecule has 2 rings (SSSR count). The van der Waals surface area contributed by atoms with Crippen LogP contribution in [0.25, 0.3) is 0 Å². The molecule has 1 saturated heterocycles. The van der Waals surface area contributed by atoms with Crippen molar-refractivity contribution in [1.82, 2.24) is 15.1 Å². The third-order valence-corrected chi connectivity index (χ3v) is 4.49. The van der Waals surface area contributed by atoms with Crippen molar-refractivity contribution in [3.05, 3.63) is 35.4 Å². The van der Waals surface area contributed by atoms with Crippen LogP contribution in [0.4, 0.5) is 0 Å². The van der Waals surface area contributed by atoms with Crippen molar-refractivity contribution in [3.63, 3.8) is 0 Å². The van der Waals surface area contributed by atoms with E-state index in [4.69, 9.17) is 0 Å². The summed E-state index contributed by atoms with van der Waals surface area (Å²) < 4.78 is 0. The predicted molar refractivity (Wildman–Crippen MR) is 86.1 cm³/mol. The van der Waals surface area contributed by atoms with E-state index < -0.39 is 0 Å². The van der Waals surface area contributed by atoms with E-state index >= 15 is 0 Å². The number of likely N-dealkylation sites (tertiary alicyclic amines) is 1. The van der Waals surface area contributed by atoms with Crippen LogP contribution in [-0.4, -0.2) is 56.6 Å². The lowest BCUT2D eigenvalue weighted by Gasteiger charge is -2.35. The van der Waals surface area contributed by atoms with E-state index in [0.717, 1.165) is 25.6 Å². The summed E-state index contributed by atoms with van der Waals surface area (Å²) in [5, 5.41) is 3.25. The lowest BCUT2D eigenvalue weighted by atomic mass is 10.0. The van der Waals surface area contributed by atoms with Crippen LogP contribution in [0.3, 0.4) is 0 Å². The summed E-state index contributed by atoms with van der Waals surface area (Å²) in [5.74, 6) is 0. The van der Waals surface area contributed by atoms with Crippen molar-refractivity contribution >= 4 is 0 Å². The first-order valence-electron chi connectivity index (χ1n) is 7.81. The number of piperidine rings is 1. The van der Waals surface area contributed by atoms with Gasteiger partial charge in [0.05, 0.1) is 0 Å². The van der Waals surface area contributed by atoms with Gasteiger partial charge < -0.3 is 10.2 Å². The zero-order chi connectivity index (χ0) is 14.4. The maximum Gasteiger partial charge on any atom is 0.0236 e. The van der Waals surface area contributed by atoms with Crippen molar-refractivity contribution in [2.24, 2.45) is 0 Å². The summed E-state index contributed by atoms with van der Waals surface area (Å²) in [4.78, 5) is 4.98. The molecule has 0 atom stereocenters. The van der Waals surface area contributed by atoms with Gasteiger partial charge in [0.1, 0.15) is 0 Å². The highest BCUT2D eigenvalue weighted by molar-refractivity contribution is 5.27. The number of benzene rings is 1. The number of hydrogen-bond acceptors (Lipinski definition) is 3. The molecule has 1 N–H and O–H groups in total. The zero-order valence-electron chi connectivity index (χ0n) is 13.2. The molecule has 20 heavy (non-hydrogen) atoms. The predicted octanol–water partition coefficient (Wildman–Crippen LogP) is 1.97. The summed E-state index contributed by atoms with van der Waals surface area (Å²) in [6.45, 7) is 4.59. The minimum Gasteiger partial charge on any atom is -0.319 e. The minimum atomic E-state index is 0.739. The quantitative estimate of drug-likeness (QED) is 0.856. The Morgan fingerprint density at radius 1 is 1.20 bits per heavy atom. The van der Waals surface area contributed by atoms with Gasteiger partial charge in [0.15, 0.2) is 0 Å². The topological polar surface area (TPSA) is 18.5 Å². The average molecular weight is 275 g/mol. The fraction of sp³-hybridized carbons (Fsp3) is 0.647. The molecule has 0 amide bonds. The van der Waals surface area contributed by atoms with E-state index in [1.54, 1.807) is 0 Å². The van der Waals surface area contributed by atoms with Crippen molar-refractivity contribution in [2.75, 3.05) is 40.8 Å². The number of rotatable bonds is 6. The van der Waals surface area contributed by atoms with E-state index in [9.17, 15) is 0 Å². The van der Waals surface area contributed by atoms with E-state index in [1.807, 2.05) is 7.05 Å². The fourth-order valence-electron chi connectivity index (χ4n) is 3.05. The Labute approximate surface area is 124 Å². The van der Waals surface area contributed by atoms with Crippen LogP contribution in [0.1, 0.15) is 24.0 Å². The molecule has 3 nitrogen and oxygen atoms in total. The van der Waals surface area contributed by atoms with Gasteiger partial charge in [-0.2, -0.15) is 0 Å². The molecule has 0 radical (unpaired) electrons. The maximum atomic E-state index is 3.25. The highest BCUT2D eigenvalue weighted by Crippen LogP contribution is 2.18. The lowest BCUT2D eigenvalue weighted by molar-refractivity contribution is 0.139. The average Bonchev–Trinajstić information content (AvgIpc) is 2.47. The largest absolute Gasteiger partial charge is 0.319 e. The molecule has 0 saturated carbocycles. The van der Waals surface area contributed by atoms with Crippen LogP contribution in [0.15, 0.2) is 24.3 Å². The first-order valence-corrected chi connectivity index (χ1v) is 7.81. The summed E-state index contributed by atoms with van der Waals surface area (Å²) in [6, 6.07) is 9.62. The van der Waals surface area contributed by atoms with Gasteiger partial charge >= 0.3 is 0 Å². The van der Waals surface area contributed by atoms with E-state index in [0.29, 0.717) is 0 Å². The second-order valence-electron chi connectivity index (χ2n) is 6.07. The first-order chi connectivity index (χ1) is 9.70. The molecule has 3 heteroatoms. The molecule has 0 spiro atoms. The second-order valence-corrected chi connectivity index (χ2v) is 6.07. The first kappa shape index (κ1) is 15.5. The summed E-state index contributed by atoms with van der Waals surface area (Å²) in [5.41, 5.74) is 2.98. The lowest BCUT2D eigenvalue weighted by Crippen LogP contribution is -2.41. The van der Waals surface area contributed by atoms with Gasteiger partial charge in [-0.1, -0.05) is 24.3 Å². The summed E-state index contributed by atoms with van der Waals surface area (Å²) >= 11 is 0. The monoisotopic (exact) mass is 275 g/mol. The van der Waals surface area contributed by atoms with E-state index in [-0.39, 0.29) is 0 Å². The maximum absolute atomic E-state index is 3.25. The van der Waals surface area contributed by atoms with Gasteiger partial charge in [0, 0.05) is 12.6 Å². The third kappa shape index (κ3) is 4.30.